The molecule has 1 aliphatic carbocycles. The zero-order chi connectivity index (χ0) is 16.9. The molecule has 0 aliphatic heterocycles. The van der Waals surface area contributed by atoms with E-state index in [-0.39, 0.29) is 11.2 Å². The maximum atomic E-state index is 12.5. The van der Waals surface area contributed by atoms with E-state index in [0.717, 1.165) is 28.9 Å². The van der Waals surface area contributed by atoms with E-state index in [0.29, 0.717) is 16.5 Å². The topological polar surface area (TPSA) is 65.1 Å². The summed E-state index contributed by atoms with van der Waals surface area (Å²) in [5.74, 6) is -0.259. The fraction of sp³-hybridized carbons (Fsp3) is 0.333. The number of nitrogens with two attached hydrogens (primary N) is 1. The van der Waals surface area contributed by atoms with Crippen LogP contribution in [0.15, 0.2) is 28.9 Å². The number of hydrogen-bond donors (Lipinski definition) is 1. The molecule has 0 atom stereocenters. The summed E-state index contributed by atoms with van der Waals surface area (Å²) >= 11 is 3.40. The molecule has 120 valence electrons. The number of benzene rings is 1. The number of hydrogen-bond acceptors (Lipinski definition) is 2. The predicted octanol–water partition coefficient (Wildman–Crippen LogP) is 3.80. The molecule has 4 nitrogen and oxygen atoms in total. The van der Waals surface area contributed by atoms with Crippen molar-refractivity contribution in [3.63, 3.8) is 0 Å². The van der Waals surface area contributed by atoms with Crippen molar-refractivity contribution >= 4 is 27.6 Å². The van der Waals surface area contributed by atoms with Gasteiger partial charge in [-0.05, 0) is 58.5 Å². The van der Waals surface area contributed by atoms with Crippen molar-refractivity contribution in [3.8, 4) is 5.69 Å². The van der Waals surface area contributed by atoms with Gasteiger partial charge in [0.2, 0.25) is 5.91 Å². The minimum Gasteiger partial charge on any atom is -0.366 e. The highest BCUT2D eigenvalue weighted by Crippen LogP contribution is 2.38. The molecular formula is C18H19BrN2O2. The van der Waals surface area contributed by atoms with Crippen molar-refractivity contribution in [1.29, 1.82) is 0 Å². The van der Waals surface area contributed by atoms with Crippen molar-refractivity contribution in [3.05, 3.63) is 51.3 Å². The number of nitrogens with zero attached hydrogens (tertiary/aromatic N) is 1. The average molecular weight is 375 g/mol. The molecule has 0 fully saturated rings. The Hall–Kier alpha value is -1.88. The molecule has 0 bridgehead atoms. The third kappa shape index (κ3) is 2.74. The second kappa shape index (κ2) is 5.34. The number of Topliss-reactive ketones (excluding diaryl/α,β-unsaturated/α-hetero) is 1. The van der Waals surface area contributed by atoms with E-state index in [4.69, 9.17) is 5.73 Å². The van der Waals surface area contributed by atoms with Crippen LogP contribution >= 0.6 is 15.9 Å². The maximum Gasteiger partial charge on any atom is 0.249 e. The smallest absolute Gasteiger partial charge is 0.249 e. The highest BCUT2D eigenvalue weighted by atomic mass is 79.9. The summed E-state index contributed by atoms with van der Waals surface area (Å²) in [6.07, 6.45) is 3.42. The van der Waals surface area contributed by atoms with Gasteiger partial charge in [0.25, 0.3) is 0 Å². The molecule has 1 amide bonds. The number of fused-ring (bicyclic) bond motifs is 1. The lowest BCUT2D eigenvalue weighted by molar-refractivity contribution is 0.0909. The number of ketones is 1. The Bertz CT molecular complexity index is 834. The molecule has 0 saturated heterocycles. The monoisotopic (exact) mass is 374 g/mol. The Kier molecular flexibility index (Phi) is 3.71. The molecule has 1 aromatic carbocycles. The van der Waals surface area contributed by atoms with Gasteiger partial charge in [0.1, 0.15) is 0 Å². The number of amides is 1. The SMILES string of the molecule is Cc1cn(-c2ccc(C(N)=O)c(Br)c2)c2c1C(=O)CC(C)(C)C2. The van der Waals surface area contributed by atoms with Gasteiger partial charge in [-0.2, -0.15) is 0 Å². The number of aromatic nitrogens is 1. The van der Waals surface area contributed by atoms with Crippen LogP contribution in [0.4, 0.5) is 0 Å². The summed E-state index contributed by atoms with van der Waals surface area (Å²) in [5, 5.41) is 0. The molecule has 0 unspecified atom stereocenters. The number of rotatable bonds is 2. The lowest BCUT2D eigenvalue weighted by Gasteiger charge is -2.30. The van der Waals surface area contributed by atoms with E-state index in [1.807, 2.05) is 25.3 Å². The van der Waals surface area contributed by atoms with E-state index >= 15 is 0 Å². The molecule has 5 heteroatoms. The van der Waals surface area contributed by atoms with E-state index in [2.05, 4.69) is 34.3 Å². The third-order valence-corrected chi connectivity index (χ3v) is 5.01. The number of primary amides is 1. The number of aryl methyl sites for hydroxylation is 1. The molecule has 0 spiro atoms. The van der Waals surface area contributed by atoms with Gasteiger partial charge in [-0.25, -0.2) is 0 Å². The Morgan fingerprint density at radius 3 is 2.61 bits per heavy atom. The predicted molar refractivity (Wildman–Crippen MR) is 93.2 cm³/mol. The van der Waals surface area contributed by atoms with Gasteiger partial charge >= 0.3 is 0 Å². The minimum atomic E-state index is -0.467. The summed E-state index contributed by atoms with van der Waals surface area (Å²) in [5.41, 5.74) is 9.55. The summed E-state index contributed by atoms with van der Waals surface area (Å²) in [6, 6.07) is 5.43. The fourth-order valence-corrected chi connectivity index (χ4v) is 3.92. The Morgan fingerprint density at radius 1 is 1.30 bits per heavy atom. The molecule has 23 heavy (non-hydrogen) atoms. The second-order valence-corrected chi connectivity index (χ2v) is 7.83. The quantitative estimate of drug-likeness (QED) is 0.868. The molecular weight excluding hydrogens is 356 g/mol. The van der Waals surface area contributed by atoms with Gasteiger partial charge in [0.05, 0.1) is 5.56 Å². The normalized spacial score (nSPS) is 16.3. The van der Waals surface area contributed by atoms with Crippen LogP contribution in [0.25, 0.3) is 5.69 Å². The van der Waals surface area contributed by atoms with Crippen molar-refractivity contribution < 1.29 is 9.59 Å². The lowest BCUT2D eigenvalue weighted by Crippen LogP contribution is -2.28. The van der Waals surface area contributed by atoms with E-state index in [9.17, 15) is 9.59 Å². The van der Waals surface area contributed by atoms with Crippen LogP contribution in [-0.2, 0) is 6.42 Å². The average Bonchev–Trinajstić information content (AvgIpc) is 2.73. The summed E-state index contributed by atoms with van der Waals surface area (Å²) in [7, 11) is 0. The van der Waals surface area contributed by atoms with Crippen LogP contribution in [0, 0.1) is 12.3 Å². The van der Waals surface area contributed by atoms with Gasteiger partial charge in [-0.15, -0.1) is 0 Å². The molecule has 0 saturated carbocycles. The van der Waals surface area contributed by atoms with Gasteiger partial charge in [0.15, 0.2) is 5.78 Å². The first-order valence-corrected chi connectivity index (χ1v) is 8.33. The number of halogens is 1. The van der Waals surface area contributed by atoms with E-state index in [1.165, 1.54) is 0 Å². The van der Waals surface area contributed by atoms with Crippen LogP contribution in [0.1, 0.15) is 52.2 Å². The highest BCUT2D eigenvalue weighted by molar-refractivity contribution is 9.10. The fourth-order valence-electron chi connectivity index (χ4n) is 3.36. The minimum absolute atomic E-state index is 0.0446. The summed E-state index contributed by atoms with van der Waals surface area (Å²) in [4.78, 5) is 23.9. The maximum absolute atomic E-state index is 12.5. The molecule has 0 radical (unpaired) electrons. The molecule has 1 aliphatic rings. The summed E-state index contributed by atoms with van der Waals surface area (Å²) < 4.78 is 2.71. The van der Waals surface area contributed by atoms with E-state index in [1.54, 1.807) is 6.07 Å². The molecule has 2 N–H and O–H groups in total. The van der Waals surface area contributed by atoms with Gasteiger partial charge in [-0.3, -0.25) is 9.59 Å². The number of carbonyl (C=O) groups excluding carboxylic acids is 2. The summed E-state index contributed by atoms with van der Waals surface area (Å²) in [6.45, 7) is 6.21. The molecule has 1 aromatic heterocycles. The number of carbonyl (C=O) groups is 2. The lowest BCUT2D eigenvalue weighted by atomic mass is 9.75. The van der Waals surface area contributed by atoms with Gasteiger partial charge in [-0.1, -0.05) is 13.8 Å². The Labute approximate surface area is 143 Å². The van der Waals surface area contributed by atoms with Crippen molar-refractivity contribution in [1.82, 2.24) is 4.57 Å². The standard InChI is InChI=1S/C18H19BrN2O2/c1-10-9-21(11-4-5-12(17(20)23)13(19)6-11)14-7-18(2,3)8-15(22)16(10)14/h4-6,9H,7-8H2,1-3H3,(H2,20,23). The van der Waals surface area contributed by atoms with Crippen molar-refractivity contribution in [2.24, 2.45) is 11.1 Å². The third-order valence-electron chi connectivity index (χ3n) is 4.36. The van der Waals surface area contributed by atoms with Crippen LogP contribution < -0.4 is 5.73 Å². The van der Waals surface area contributed by atoms with E-state index < -0.39 is 5.91 Å². The van der Waals surface area contributed by atoms with Crippen LogP contribution in [-0.4, -0.2) is 16.3 Å². The van der Waals surface area contributed by atoms with Crippen LogP contribution in [0.2, 0.25) is 0 Å². The largest absolute Gasteiger partial charge is 0.366 e. The van der Waals surface area contributed by atoms with Crippen LogP contribution in [0.5, 0.6) is 0 Å². The zero-order valence-electron chi connectivity index (χ0n) is 13.4. The van der Waals surface area contributed by atoms with Crippen LogP contribution in [0.3, 0.4) is 0 Å². The van der Waals surface area contributed by atoms with Gasteiger partial charge < -0.3 is 10.3 Å². The second-order valence-electron chi connectivity index (χ2n) is 6.97. The molecule has 3 rings (SSSR count). The Morgan fingerprint density at radius 2 is 2.00 bits per heavy atom. The van der Waals surface area contributed by atoms with Crippen molar-refractivity contribution in [2.45, 2.75) is 33.6 Å². The Balaban J connectivity index is 2.16. The first-order valence-electron chi connectivity index (χ1n) is 7.53. The van der Waals surface area contributed by atoms with Gasteiger partial charge in [0, 0.05) is 34.0 Å². The van der Waals surface area contributed by atoms with Crippen molar-refractivity contribution in [2.75, 3.05) is 0 Å². The molecule has 1 heterocycles. The molecule has 2 aromatic rings. The zero-order valence-corrected chi connectivity index (χ0v) is 15.0. The highest BCUT2D eigenvalue weighted by Gasteiger charge is 2.34. The first kappa shape index (κ1) is 16.0. The first-order chi connectivity index (χ1) is 10.7.